The van der Waals surface area contributed by atoms with E-state index >= 15 is 0 Å². The van der Waals surface area contributed by atoms with Gasteiger partial charge in [-0.2, -0.15) is 10.2 Å². The zero-order valence-electron chi connectivity index (χ0n) is 18.3. The zero-order chi connectivity index (χ0) is 23.4. The molecular formula is C23H24F2N6O2. The summed E-state index contributed by atoms with van der Waals surface area (Å²) in [5.41, 5.74) is -0.175. The summed E-state index contributed by atoms with van der Waals surface area (Å²) in [5.74, 6) is -1.47. The van der Waals surface area contributed by atoms with Gasteiger partial charge in [0.25, 0.3) is 0 Å². The number of hydrogen-bond acceptors (Lipinski definition) is 6. The van der Waals surface area contributed by atoms with Crippen LogP contribution in [0.2, 0.25) is 0 Å². The molecule has 0 saturated carbocycles. The first-order chi connectivity index (χ1) is 15.9. The minimum atomic E-state index is -1.72. The molecule has 0 spiro atoms. The predicted octanol–water partition coefficient (Wildman–Crippen LogP) is 3.50. The minimum Gasteiger partial charge on any atom is -0.382 e. The van der Waals surface area contributed by atoms with E-state index in [1.807, 2.05) is 31.2 Å². The Morgan fingerprint density at radius 3 is 2.55 bits per heavy atom. The van der Waals surface area contributed by atoms with Gasteiger partial charge in [0.1, 0.15) is 42.9 Å². The fourth-order valence-electron chi connectivity index (χ4n) is 3.81. The van der Waals surface area contributed by atoms with E-state index in [2.05, 4.69) is 20.2 Å². The van der Waals surface area contributed by atoms with Crippen LogP contribution in [0.5, 0.6) is 0 Å². The van der Waals surface area contributed by atoms with Crippen LogP contribution in [-0.4, -0.2) is 41.2 Å². The Bertz CT molecular complexity index is 1200. The molecule has 0 amide bonds. The Morgan fingerprint density at radius 2 is 1.88 bits per heavy atom. The molecule has 2 aromatic heterocycles. The monoisotopic (exact) mass is 454 g/mol. The summed E-state index contributed by atoms with van der Waals surface area (Å²) in [5, 5.41) is 20.0. The molecule has 2 unspecified atom stereocenters. The highest BCUT2D eigenvalue weighted by molar-refractivity contribution is 5.55. The van der Waals surface area contributed by atoms with E-state index in [-0.39, 0.29) is 18.8 Å². The van der Waals surface area contributed by atoms with Gasteiger partial charge < -0.3 is 9.84 Å². The largest absolute Gasteiger partial charge is 0.382 e. The first-order valence-electron chi connectivity index (χ1n) is 10.5. The van der Waals surface area contributed by atoms with Crippen LogP contribution in [0, 0.1) is 11.6 Å². The summed E-state index contributed by atoms with van der Waals surface area (Å²) in [7, 11) is 0. The van der Waals surface area contributed by atoms with Crippen molar-refractivity contribution in [1.82, 2.24) is 29.5 Å². The van der Waals surface area contributed by atoms with E-state index in [0.717, 1.165) is 23.3 Å². The van der Waals surface area contributed by atoms with Crippen molar-refractivity contribution in [3.8, 4) is 11.4 Å². The van der Waals surface area contributed by atoms with Gasteiger partial charge in [0.05, 0.1) is 6.54 Å². The smallest absolute Gasteiger partial charge is 0.160 e. The lowest BCUT2D eigenvalue weighted by Crippen LogP contribution is -2.38. The van der Waals surface area contributed by atoms with Crippen LogP contribution >= 0.6 is 0 Å². The molecule has 33 heavy (non-hydrogen) atoms. The Hall–Kier alpha value is -3.50. The molecule has 10 heteroatoms. The first kappa shape index (κ1) is 22.7. The molecule has 8 nitrogen and oxygen atoms in total. The Balaban J connectivity index is 1.68. The number of hydrogen-bond donors (Lipinski definition) is 1. The molecule has 2 aromatic carbocycles. The Morgan fingerprint density at radius 1 is 1.09 bits per heavy atom. The second kappa shape index (κ2) is 9.55. The summed E-state index contributed by atoms with van der Waals surface area (Å²) in [4.78, 5) is 8.20. The van der Waals surface area contributed by atoms with E-state index in [1.165, 1.54) is 29.7 Å². The average Bonchev–Trinajstić information content (AvgIpc) is 3.49. The normalized spacial score (nSPS) is 14.2. The van der Waals surface area contributed by atoms with E-state index in [0.29, 0.717) is 12.4 Å². The van der Waals surface area contributed by atoms with Crippen LogP contribution in [0.3, 0.4) is 0 Å². The quantitative estimate of drug-likeness (QED) is 0.416. The highest BCUT2D eigenvalue weighted by atomic mass is 19.1. The maximum atomic E-state index is 14.8. The summed E-state index contributed by atoms with van der Waals surface area (Å²) >= 11 is 0. The van der Waals surface area contributed by atoms with E-state index in [9.17, 15) is 13.9 Å². The summed E-state index contributed by atoms with van der Waals surface area (Å²) in [6.45, 7) is 4.45. The van der Waals surface area contributed by atoms with Crippen molar-refractivity contribution < 1.29 is 18.6 Å². The third kappa shape index (κ3) is 4.67. The molecule has 0 fully saturated rings. The third-order valence-electron chi connectivity index (χ3n) is 5.69. The lowest BCUT2D eigenvalue weighted by Gasteiger charge is -2.35. The average molecular weight is 454 g/mol. The molecule has 2 heterocycles. The maximum Gasteiger partial charge on any atom is 0.160 e. The van der Waals surface area contributed by atoms with Crippen LogP contribution in [0.1, 0.15) is 30.9 Å². The topological polar surface area (TPSA) is 90.9 Å². The van der Waals surface area contributed by atoms with Gasteiger partial charge in [-0.3, -0.25) is 0 Å². The molecule has 0 bridgehead atoms. The lowest BCUT2D eigenvalue weighted by molar-refractivity contribution is -0.0112. The second-order valence-electron chi connectivity index (χ2n) is 7.69. The van der Waals surface area contributed by atoms with E-state index < -0.39 is 23.2 Å². The van der Waals surface area contributed by atoms with Crippen LogP contribution in [-0.2, 0) is 23.6 Å². The van der Waals surface area contributed by atoms with Gasteiger partial charge in [-0.1, -0.05) is 37.3 Å². The number of ether oxygens (including phenoxy) is 1. The van der Waals surface area contributed by atoms with Crippen molar-refractivity contribution in [2.45, 2.75) is 38.6 Å². The number of benzene rings is 2. The lowest BCUT2D eigenvalue weighted by atomic mass is 9.78. The number of aliphatic hydroxyl groups is 1. The maximum absolute atomic E-state index is 14.8. The number of rotatable bonds is 9. The van der Waals surface area contributed by atoms with Gasteiger partial charge in [0.15, 0.2) is 5.82 Å². The summed E-state index contributed by atoms with van der Waals surface area (Å²) in [6.07, 6.45) is 4.23. The molecule has 0 saturated heterocycles. The summed E-state index contributed by atoms with van der Waals surface area (Å²) in [6, 6.07) is 10.6. The minimum absolute atomic E-state index is 0.0209. The highest BCUT2D eigenvalue weighted by Gasteiger charge is 2.40. The second-order valence-corrected chi connectivity index (χ2v) is 7.69. The number of halogens is 2. The number of aromatic nitrogens is 6. The first-order valence-corrected chi connectivity index (χ1v) is 10.5. The SMILES string of the molecule is CCOCn1ncnc1-c1ccc(C(C)C(O)(Cn2cncn2)c2ccc(F)cc2F)cc1. The van der Waals surface area contributed by atoms with E-state index in [4.69, 9.17) is 4.74 Å². The van der Waals surface area contributed by atoms with Crippen molar-refractivity contribution >= 4 is 0 Å². The molecule has 0 aliphatic carbocycles. The molecule has 4 aromatic rings. The standard InChI is InChI=1S/C23H24F2N6O2/c1-3-33-15-31-22(27-13-29-31)18-6-4-17(5-7-18)16(2)23(32,11-30-14-26-12-28-30)20-9-8-19(24)10-21(20)25/h4-10,12-14,16,32H,3,11,15H2,1-2H3. The molecule has 2 atom stereocenters. The van der Waals surface area contributed by atoms with Gasteiger partial charge in [0, 0.05) is 29.7 Å². The molecule has 172 valence electrons. The fraction of sp³-hybridized carbons (Fsp3) is 0.304. The van der Waals surface area contributed by atoms with Gasteiger partial charge in [-0.05, 0) is 18.6 Å². The van der Waals surface area contributed by atoms with Gasteiger partial charge in [0.2, 0.25) is 0 Å². The van der Waals surface area contributed by atoms with Crippen molar-refractivity contribution in [3.05, 3.63) is 84.2 Å². The van der Waals surface area contributed by atoms with Crippen LogP contribution in [0.4, 0.5) is 8.78 Å². The molecule has 0 radical (unpaired) electrons. The fourth-order valence-corrected chi connectivity index (χ4v) is 3.81. The Labute approximate surface area is 189 Å². The van der Waals surface area contributed by atoms with Crippen molar-refractivity contribution in [2.24, 2.45) is 0 Å². The highest BCUT2D eigenvalue weighted by Crippen LogP contribution is 2.40. The molecular weight excluding hydrogens is 430 g/mol. The third-order valence-corrected chi connectivity index (χ3v) is 5.69. The molecule has 0 aliphatic rings. The van der Waals surface area contributed by atoms with Crippen molar-refractivity contribution in [1.29, 1.82) is 0 Å². The van der Waals surface area contributed by atoms with Crippen LogP contribution in [0.25, 0.3) is 11.4 Å². The number of nitrogens with zero attached hydrogens (tertiary/aromatic N) is 6. The zero-order valence-corrected chi connectivity index (χ0v) is 18.3. The molecule has 0 aliphatic heterocycles. The van der Waals surface area contributed by atoms with Crippen LogP contribution < -0.4 is 0 Å². The van der Waals surface area contributed by atoms with Crippen molar-refractivity contribution in [2.75, 3.05) is 6.61 Å². The summed E-state index contributed by atoms with van der Waals surface area (Å²) < 4.78 is 36.8. The predicted molar refractivity (Wildman–Crippen MR) is 116 cm³/mol. The molecule has 4 rings (SSSR count). The van der Waals surface area contributed by atoms with Crippen molar-refractivity contribution in [3.63, 3.8) is 0 Å². The Kier molecular flexibility index (Phi) is 6.57. The van der Waals surface area contributed by atoms with Gasteiger partial charge in [-0.15, -0.1) is 0 Å². The molecule has 1 N–H and O–H groups in total. The van der Waals surface area contributed by atoms with E-state index in [1.54, 1.807) is 11.6 Å². The van der Waals surface area contributed by atoms with Gasteiger partial charge >= 0.3 is 0 Å². The van der Waals surface area contributed by atoms with Crippen LogP contribution in [0.15, 0.2) is 61.4 Å². The van der Waals surface area contributed by atoms with Gasteiger partial charge in [-0.25, -0.2) is 28.1 Å².